The summed E-state index contributed by atoms with van der Waals surface area (Å²) in [5.74, 6) is -0.396. The van der Waals surface area contributed by atoms with Crippen molar-refractivity contribution in [2.45, 2.75) is 19.9 Å². The maximum atomic E-state index is 12.7. The molecule has 1 aliphatic heterocycles. The molecule has 0 spiro atoms. The van der Waals surface area contributed by atoms with Crippen LogP contribution in [-0.4, -0.2) is 55.1 Å². The molecule has 25 heavy (non-hydrogen) atoms. The highest BCUT2D eigenvalue weighted by Crippen LogP contribution is 2.32. The van der Waals surface area contributed by atoms with Crippen LogP contribution in [0.1, 0.15) is 25.5 Å². The Kier molecular flexibility index (Phi) is 6.78. The molecule has 7 heteroatoms. The number of hydrogen-bond donors (Lipinski definition) is 1. The first-order valence-corrected chi connectivity index (χ1v) is 9.27. The summed E-state index contributed by atoms with van der Waals surface area (Å²) in [6.45, 7) is 9.42. The Hall–Kier alpha value is -2.12. The lowest BCUT2D eigenvalue weighted by Crippen LogP contribution is -2.50. The molecule has 0 bridgehead atoms. The Morgan fingerprint density at radius 3 is 2.84 bits per heavy atom. The molecule has 1 atom stereocenters. The molecule has 1 aromatic heterocycles. The first kappa shape index (κ1) is 19.2. The van der Waals surface area contributed by atoms with Crippen LogP contribution >= 0.6 is 11.3 Å². The van der Waals surface area contributed by atoms with E-state index < -0.39 is 12.0 Å². The van der Waals surface area contributed by atoms with E-state index in [9.17, 15) is 9.59 Å². The van der Waals surface area contributed by atoms with Gasteiger partial charge in [-0.1, -0.05) is 13.0 Å². The molecule has 0 fully saturated rings. The summed E-state index contributed by atoms with van der Waals surface area (Å²) in [5, 5.41) is 6.80. The molecule has 136 valence electrons. The highest BCUT2D eigenvalue weighted by Gasteiger charge is 2.38. The quantitative estimate of drug-likeness (QED) is 0.570. The first-order valence-electron chi connectivity index (χ1n) is 8.33. The van der Waals surface area contributed by atoms with Gasteiger partial charge in [0, 0.05) is 18.8 Å². The maximum Gasteiger partial charge on any atom is 0.338 e. The highest BCUT2D eigenvalue weighted by atomic mass is 32.1. The molecule has 0 saturated carbocycles. The minimum atomic E-state index is -0.501. The number of likely N-dealkylation sites (N-methyl/N-ethyl adjacent to an activating group) is 1. The molecule has 2 amide bonds. The lowest BCUT2D eigenvalue weighted by Gasteiger charge is -2.37. The van der Waals surface area contributed by atoms with Gasteiger partial charge in [-0.15, -0.1) is 6.58 Å². The largest absolute Gasteiger partial charge is 0.463 e. The van der Waals surface area contributed by atoms with Gasteiger partial charge in [-0.2, -0.15) is 11.3 Å². The number of carbonyl (C=O) groups is 2. The van der Waals surface area contributed by atoms with Crippen LogP contribution in [-0.2, 0) is 9.53 Å². The van der Waals surface area contributed by atoms with E-state index in [4.69, 9.17) is 4.74 Å². The minimum absolute atomic E-state index is 0.233. The van der Waals surface area contributed by atoms with Crippen LogP contribution in [0.25, 0.3) is 0 Å². The Morgan fingerprint density at radius 2 is 2.28 bits per heavy atom. The van der Waals surface area contributed by atoms with Crippen molar-refractivity contribution in [3.63, 3.8) is 0 Å². The summed E-state index contributed by atoms with van der Waals surface area (Å²) in [6.07, 6.45) is 1.65. The lowest BCUT2D eigenvalue weighted by molar-refractivity contribution is -0.139. The number of urea groups is 1. The van der Waals surface area contributed by atoms with E-state index in [2.05, 4.69) is 11.9 Å². The van der Waals surface area contributed by atoms with Crippen molar-refractivity contribution in [2.75, 3.05) is 33.3 Å². The van der Waals surface area contributed by atoms with Gasteiger partial charge >= 0.3 is 12.0 Å². The van der Waals surface area contributed by atoms with Crippen LogP contribution in [0.5, 0.6) is 0 Å². The molecule has 1 aliphatic rings. The van der Waals surface area contributed by atoms with Gasteiger partial charge in [0.2, 0.25) is 0 Å². The van der Waals surface area contributed by atoms with Gasteiger partial charge in [0.05, 0.1) is 18.2 Å². The fourth-order valence-corrected chi connectivity index (χ4v) is 3.39. The van der Waals surface area contributed by atoms with Gasteiger partial charge in [-0.25, -0.2) is 9.59 Å². The zero-order valence-corrected chi connectivity index (χ0v) is 15.8. The van der Waals surface area contributed by atoms with Crippen LogP contribution in [0.2, 0.25) is 0 Å². The molecule has 2 rings (SSSR count). The van der Waals surface area contributed by atoms with E-state index in [0.717, 1.165) is 12.1 Å². The summed E-state index contributed by atoms with van der Waals surface area (Å²) in [6, 6.07) is 1.18. The Bertz CT molecular complexity index is 655. The topological polar surface area (TPSA) is 61.9 Å². The second-order valence-corrected chi connectivity index (χ2v) is 6.53. The third-order valence-corrected chi connectivity index (χ3v) is 4.78. The number of rotatable bonds is 8. The number of carbonyl (C=O) groups excluding carboxylic acids is 2. The predicted molar refractivity (Wildman–Crippen MR) is 99.3 cm³/mol. The van der Waals surface area contributed by atoms with E-state index >= 15 is 0 Å². The average Bonchev–Trinajstić information content (AvgIpc) is 3.12. The fourth-order valence-electron chi connectivity index (χ4n) is 2.70. The molecule has 0 radical (unpaired) electrons. The number of amides is 2. The van der Waals surface area contributed by atoms with Crippen molar-refractivity contribution >= 4 is 23.3 Å². The highest BCUT2D eigenvalue weighted by molar-refractivity contribution is 7.08. The monoisotopic (exact) mass is 363 g/mol. The summed E-state index contributed by atoms with van der Waals surface area (Å²) < 4.78 is 5.30. The Labute approximate surface area is 152 Å². The van der Waals surface area contributed by atoms with Crippen molar-refractivity contribution in [2.24, 2.45) is 0 Å². The zero-order valence-electron chi connectivity index (χ0n) is 14.9. The Morgan fingerprint density at radius 1 is 1.52 bits per heavy atom. The smallest absolute Gasteiger partial charge is 0.338 e. The molecule has 2 heterocycles. The minimum Gasteiger partial charge on any atom is -0.463 e. The summed E-state index contributed by atoms with van der Waals surface area (Å²) in [7, 11) is 1.95. The van der Waals surface area contributed by atoms with E-state index in [0.29, 0.717) is 24.4 Å². The average molecular weight is 363 g/mol. The van der Waals surface area contributed by atoms with Crippen LogP contribution in [0.15, 0.2) is 40.8 Å². The third-order valence-electron chi connectivity index (χ3n) is 4.08. The number of nitrogens with one attached hydrogen (secondary N) is 1. The molecule has 0 aromatic carbocycles. The summed E-state index contributed by atoms with van der Waals surface area (Å²) in [4.78, 5) is 29.0. The molecule has 1 aromatic rings. The van der Waals surface area contributed by atoms with Crippen molar-refractivity contribution in [3.05, 3.63) is 46.3 Å². The number of nitrogens with zero attached hydrogens (tertiary/aromatic N) is 2. The van der Waals surface area contributed by atoms with Gasteiger partial charge in [0.25, 0.3) is 0 Å². The van der Waals surface area contributed by atoms with Crippen LogP contribution < -0.4 is 5.32 Å². The predicted octanol–water partition coefficient (Wildman–Crippen LogP) is 2.77. The zero-order chi connectivity index (χ0) is 18.4. The standard InChI is InChI=1S/C18H25N3O3S/c1-5-9-21-14(11-20(4)6-2)15(17(22)24-7-3)16(19-18(21)23)13-8-10-25-12-13/h5,8,10,12,16H,1,6-7,9,11H2,2-4H3,(H,19,23)/t16-/m1/s1. The number of ether oxygens (including phenoxy) is 1. The number of hydrogen-bond acceptors (Lipinski definition) is 5. The molecule has 0 unspecified atom stereocenters. The molecule has 6 nitrogen and oxygen atoms in total. The van der Waals surface area contributed by atoms with Crippen molar-refractivity contribution in [1.29, 1.82) is 0 Å². The van der Waals surface area contributed by atoms with Crippen molar-refractivity contribution < 1.29 is 14.3 Å². The van der Waals surface area contributed by atoms with Crippen LogP contribution in [0.3, 0.4) is 0 Å². The fraction of sp³-hybridized carbons (Fsp3) is 0.444. The Balaban J connectivity index is 2.58. The van der Waals surface area contributed by atoms with Crippen LogP contribution in [0.4, 0.5) is 4.79 Å². The van der Waals surface area contributed by atoms with Gasteiger partial charge in [0.15, 0.2) is 0 Å². The van der Waals surface area contributed by atoms with Crippen LogP contribution in [0, 0.1) is 0 Å². The second kappa shape index (κ2) is 8.82. The van der Waals surface area contributed by atoms with Gasteiger partial charge in [0.1, 0.15) is 0 Å². The van der Waals surface area contributed by atoms with E-state index in [1.165, 1.54) is 11.3 Å². The first-order chi connectivity index (χ1) is 12.0. The number of esters is 1. The normalized spacial score (nSPS) is 17.7. The molecule has 0 aliphatic carbocycles. The lowest BCUT2D eigenvalue weighted by atomic mass is 9.96. The van der Waals surface area contributed by atoms with E-state index in [-0.39, 0.29) is 12.6 Å². The van der Waals surface area contributed by atoms with Gasteiger partial charge in [-0.3, -0.25) is 4.90 Å². The number of thiophene rings is 1. The van der Waals surface area contributed by atoms with Crippen molar-refractivity contribution in [1.82, 2.24) is 15.1 Å². The molecular formula is C18H25N3O3S. The van der Waals surface area contributed by atoms with Gasteiger partial charge in [-0.05, 0) is 42.9 Å². The maximum absolute atomic E-state index is 12.7. The SMILES string of the molecule is C=CCN1C(=O)N[C@H](c2ccsc2)C(C(=O)OCC)=C1CN(C)CC. The summed E-state index contributed by atoms with van der Waals surface area (Å²) in [5.41, 5.74) is 2.04. The summed E-state index contributed by atoms with van der Waals surface area (Å²) >= 11 is 1.53. The molecule has 1 N–H and O–H groups in total. The van der Waals surface area contributed by atoms with E-state index in [1.54, 1.807) is 17.9 Å². The second-order valence-electron chi connectivity index (χ2n) is 5.75. The molecule has 0 saturated heterocycles. The van der Waals surface area contributed by atoms with E-state index in [1.807, 2.05) is 35.7 Å². The third kappa shape index (κ3) is 4.29. The van der Waals surface area contributed by atoms with Gasteiger partial charge < -0.3 is 15.0 Å². The molecular weight excluding hydrogens is 338 g/mol. The van der Waals surface area contributed by atoms with Crippen molar-refractivity contribution in [3.8, 4) is 0 Å².